The van der Waals surface area contributed by atoms with Crippen LogP contribution in [-0.4, -0.2) is 34.4 Å². The number of methoxy groups -OCH3 is 1. The zero-order valence-corrected chi connectivity index (χ0v) is 9.58. The molecule has 14 heavy (non-hydrogen) atoms. The SMILES string of the molecule is COC(C)(C)CCC(=O)CP(=O)(O)O. The van der Waals surface area contributed by atoms with Gasteiger partial charge in [0.1, 0.15) is 11.9 Å². The Bertz CT molecular complexity index is 242. The van der Waals surface area contributed by atoms with E-state index in [1.54, 1.807) is 0 Å². The summed E-state index contributed by atoms with van der Waals surface area (Å²) < 4.78 is 15.5. The molecule has 0 aliphatic heterocycles. The molecule has 0 heterocycles. The van der Waals surface area contributed by atoms with Crippen LogP contribution in [-0.2, 0) is 14.1 Å². The first-order chi connectivity index (χ1) is 6.16. The third kappa shape index (κ3) is 7.21. The van der Waals surface area contributed by atoms with Gasteiger partial charge in [-0.1, -0.05) is 0 Å². The van der Waals surface area contributed by atoms with Crippen LogP contribution in [0.4, 0.5) is 0 Å². The summed E-state index contributed by atoms with van der Waals surface area (Å²) in [5.74, 6) is -0.427. The third-order valence-electron chi connectivity index (χ3n) is 1.94. The minimum Gasteiger partial charge on any atom is -0.379 e. The molecule has 0 radical (unpaired) electrons. The predicted molar refractivity (Wildman–Crippen MR) is 52.2 cm³/mol. The van der Waals surface area contributed by atoms with Crippen LogP contribution >= 0.6 is 7.60 Å². The van der Waals surface area contributed by atoms with Crippen molar-refractivity contribution in [2.45, 2.75) is 32.3 Å². The third-order valence-corrected chi connectivity index (χ3v) is 2.71. The Kier molecular flexibility index (Phi) is 4.95. The highest BCUT2D eigenvalue weighted by Gasteiger charge is 2.22. The Morgan fingerprint density at radius 2 is 1.93 bits per heavy atom. The minimum absolute atomic E-state index is 0.131. The van der Waals surface area contributed by atoms with Crippen LogP contribution in [0.15, 0.2) is 0 Å². The van der Waals surface area contributed by atoms with E-state index in [0.717, 1.165) is 0 Å². The molecule has 0 unspecified atom stereocenters. The van der Waals surface area contributed by atoms with Crippen LogP contribution in [0.2, 0.25) is 0 Å². The summed E-state index contributed by atoms with van der Waals surface area (Å²) in [6.07, 6.45) is -0.0823. The molecule has 0 aliphatic rings. The van der Waals surface area contributed by atoms with Gasteiger partial charge in [-0.2, -0.15) is 0 Å². The highest BCUT2D eigenvalue weighted by atomic mass is 31.2. The van der Waals surface area contributed by atoms with Crippen molar-refractivity contribution in [2.24, 2.45) is 0 Å². The molecule has 0 saturated heterocycles. The van der Waals surface area contributed by atoms with Crippen LogP contribution in [0.3, 0.4) is 0 Å². The van der Waals surface area contributed by atoms with Gasteiger partial charge < -0.3 is 14.5 Å². The van der Waals surface area contributed by atoms with Gasteiger partial charge in [0.25, 0.3) is 0 Å². The highest BCUT2D eigenvalue weighted by molar-refractivity contribution is 7.52. The van der Waals surface area contributed by atoms with E-state index in [1.807, 2.05) is 13.8 Å². The normalized spacial score (nSPS) is 12.9. The summed E-state index contributed by atoms with van der Waals surface area (Å²) in [5, 5.41) is 0. The van der Waals surface area contributed by atoms with E-state index >= 15 is 0 Å². The number of rotatable bonds is 6. The van der Waals surface area contributed by atoms with E-state index in [4.69, 9.17) is 14.5 Å². The van der Waals surface area contributed by atoms with E-state index < -0.39 is 25.1 Å². The Morgan fingerprint density at radius 1 is 1.43 bits per heavy atom. The van der Waals surface area contributed by atoms with Gasteiger partial charge in [0.15, 0.2) is 0 Å². The van der Waals surface area contributed by atoms with Gasteiger partial charge in [-0.25, -0.2) is 0 Å². The molecule has 0 aromatic carbocycles. The monoisotopic (exact) mass is 224 g/mol. The summed E-state index contributed by atoms with van der Waals surface area (Å²) in [6, 6.07) is 0. The Balaban J connectivity index is 3.93. The Morgan fingerprint density at radius 3 is 2.29 bits per heavy atom. The van der Waals surface area contributed by atoms with E-state index in [-0.39, 0.29) is 6.42 Å². The van der Waals surface area contributed by atoms with Crippen molar-refractivity contribution < 1.29 is 23.9 Å². The molecule has 0 atom stereocenters. The number of hydrogen-bond donors (Lipinski definition) is 2. The van der Waals surface area contributed by atoms with Crippen molar-refractivity contribution in [1.29, 1.82) is 0 Å². The smallest absolute Gasteiger partial charge is 0.332 e. The molecule has 2 N–H and O–H groups in total. The highest BCUT2D eigenvalue weighted by Crippen LogP contribution is 2.34. The fourth-order valence-corrected chi connectivity index (χ4v) is 1.47. The summed E-state index contributed by atoms with van der Waals surface area (Å²) in [6.45, 7) is 3.63. The molecule has 84 valence electrons. The molecule has 0 bridgehead atoms. The second-order valence-electron chi connectivity index (χ2n) is 3.83. The van der Waals surface area contributed by atoms with Crippen LogP contribution in [0, 0.1) is 0 Å². The molecule has 0 aliphatic carbocycles. The first-order valence-corrected chi connectivity index (χ1v) is 6.07. The van der Waals surface area contributed by atoms with Gasteiger partial charge in [-0.05, 0) is 20.3 Å². The van der Waals surface area contributed by atoms with Gasteiger partial charge in [-0.3, -0.25) is 9.36 Å². The lowest BCUT2D eigenvalue weighted by Gasteiger charge is -2.22. The zero-order chi connectivity index (χ0) is 11.4. The quantitative estimate of drug-likeness (QED) is 0.656. The minimum atomic E-state index is -4.20. The van der Waals surface area contributed by atoms with Crippen LogP contribution in [0.25, 0.3) is 0 Å². The van der Waals surface area contributed by atoms with Crippen molar-refractivity contribution in [3.63, 3.8) is 0 Å². The fourth-order valence-electron chi connectivity index (χ4n) is 0.851. The van der Waals surface area contributed by atoms with E-state index in [2.05, 4.69) is 0 Å². The van der Waals surface area contributed by atoms with Crippen molar-refractivity contribution in [1.82, 2.24) is 0 Å². The molecule has 6 heteroatoms. The average Bonchev–Trinajstić information content (AvgIpc) is 1.98. The molecule has 0 saturated carbocycles. The van der Waals surface area contributed by atoms with Gasteiger partial charge in [0.05, 0.1) is 5.60 Å². The van der Waals surface area contributed by atoms with Crippen molar-refractivity contribution in [3.05, 3.63) is 0 Å². The maximum atomic E-state index is 11.1. The van der Waals surface area contributed by atoms with Crippen molar-refractivity contribution in [2.75, 3.05) is 13.3 Å². The molecule has 0 fully saturated rings. The van der Waals surface area contributed by atoms with E-state index in [0.29, 0.717) is 6.42 Å². The first kappa shape index (κ1) is 13.8. The maximum Gasteiger partial charge on any atom is 0.332 e. The van der Waals surface area contributed by atoms with Crippen LogP contribution < -0.4 is 0 Å². The van der Waals surface area contributed by atoms with E-state index in [9.17, 15) is 9.36 Å². The molecule has 0 aromatic heterocycles. The van der Waals surface area contributed by atoms with Gasteiger partial charge in [-0.15, -0.1) is 0 Å². The predicted octanol–water partition coefficient (Wildman–Crippen LogP) is 0.938. The molecule has 0 spiro atoms. The molecule has 0 aromatic rings. The topological polar surface area (TPSA) is 83.8 Å². The largest absolute Gasteiger partial charge is 0.379 e. The molecule has 0 amide bonds. The fraction of sp³-hybridized carbons (Fsp3) is 0.875. The number of Topliss-reactive ketones (excluding diaryl/α,β-unsaturated/α-hetero) is 1. The lowest BCUT2D eigenvalue weighted by Crippen LogP contribution is -2.24. The van der Waals surface area contributed by atoms with Crippen molar-refractivity contribution >= 4 is 13.4 Å². The van der Waals surface area contributed by atoms with Crippen LogP contribution in [0.1, 0.15) is 26.7 Å². The number of carbonyl (C=O) groups excluding carboxylic acids is 1. The molecule has 5 nitrogen and oxygen atoms in total. The number of ketones is 1. The van der Waals surface area contributed by atoms with E-state index in [1.165, 1.54) is 7.11 Å². The standard InChI is InChI=1S/C8H17O5P/c1-8(2,13-3)5-4-7(9)6-14(10,11)12/h4-6H2,1-3H3,(H2,10,11,12). The van der Waals surface area contributed by atoms with Gasteiger partial charge in [0, 0.05) is 13.5 Å². The molecular weight excluding hydrogens is 207 g/mol. The van der Waals surface area contributed by atoms with Crippen LogP contribution in [0.5, 0.6) is 0 Å². The molecular formula is C8H17O5P. The lowest BCUT2D eigenvalue weighted by atomic mass is 10.0. The number of ether oxygens (including phenoxy) is 1. The number of carbonyl (C=O) groups is 1. The Labute approximate surface area is 83.6 Å². The van der Waals surface area contributed by atoms with Crippen molar-refractivity contribution in [3.8, 4) is 0 Å². The summed E-state index contributed by atoms with van der Waals surface area (Å²) in [5.41, 5.74) is -0.426. The lowest BCUT2D eigenvalue weighted by molar-refractivity contribution is -0.118. The van der Waals surface area contributed by atoms with Gasteiger partial charge >= 0.3 is 7.60 Å². The molecule has 0 rings (SSSR count). The maximum absolute atomic E-state index is 11.1. The number of hydrogen-bond acceptors (Lipinski definition) is 3. The summed E-state index contributed by atoms with van der Waals surface area (Å²) in [7, 11) is -2.67. The summed E-state index contributed by atoms with van der Waals surface area (Å²) >= 11 is 0. The second-order valence-corrected chi connectivity index (χ2v) is 5.47. The van der Waals surface area contributed by atoms with Gasteiger partial charge in [0.2, 0.25) is 0 Å². The zero-order valence-electron chi connectivity index (χ0n) is 8.69. The average molecular weight is 224 g/mol. The first-order valence-electron chi connectivity index (χ1n) is 4.28. The second kappa shape index (κ2) is 5.03. The summed E-state index contributed by atoms with van der Waals surface area (Å²) in [4.78, 5) is 28.1. The Hall–Kier alpha value is -0.220.